The topological polar surface area (TPSA) is 106 Å². The molecule has 1 aliphatic rings. The van der Waals surface area contributed by atoms with Crippen molar-refractivity contribution in [2.45, 2.75) is 49.7 Å². The summed E-state index contributed by atoms with van der Waals surface area (Å²) < 4.78 is 73.8. The Morgan fingerprint density at radius 2 is 1.74 bits per heavy atom. The molecule has 0 spiro atoms. The van der Waals surface area contributed by atoms with Crippen LogP contribution < -0.4 is 9.62 Å². The van der Waals surface area contributed by atoms with E-state index in [2.05, 4.69) is 15.0 Å². The van der Waals surface area contributed by atoms with Gasteiger partial charge in [-0.05, 0) is 46.9 Å². The van der Waals surface area contributed by atoms with Gasteiger partial charge in [0, 0.05) is 5.56 Å². The summed E-state index contributed by atoms with van der Waals surface area (Å²) in [5.74, 6) is -2.35. The summed E-state index contributed by atoms with van der Waals surface area (Å²) >= 11 is 0. The third kappa shape index (κ3) is 5.47. The molecular formula is C27H26F3N3O5S. The number of halogens is 3. The highest BCUT2D eigenvalue weighted by Gasteiger charge is 2.36. The first-order valence-electron chi connectivity index (χ1n) is 11.8. The van der Waals surface area contributed by atoms with Crippen LogP contribution in [0.5, 0.6) is 0 Å². The molecule has 1 unspecified atom stereocenters. The molecule has 0 aliphatic carbocycles. The van der Waals surface area contributed by atoms with Crippen LogP contribution in [0.15, 0.2) is 59.5 Å². The number of alkyl halides is 3. The lowest BCUT2D eigenvalue weighted by Gasteiger charge is -2.26. The number of pyridine rings is 1. The first-order valence-corrected chi connectivity index (χ1v) is 13.3. The third-order valence-electron chi connectivity index (χ3n) is 6.39. The minimum Gasteiger partial charge on any atom is -0.468 e. The lowest BCUT2D eigenvalue weighted by atomic mass is 9.87. The number of nitrogens with zero attached hydrogens (tertiary/aromatic N) is 2. The monoisotopic (exact) mass is 561 g/mol. The maximum atomic E-state index is 14.0. The Hall–Kier alpha value is -3.93. The number of benzene rings is 2. The fourth-order valence-electron chi connectivity index (χ4n) is 4.17. The lowest BCUT2D eigenvalue weighted by molar-refractivity contribution is -0.144. The number of ether oxygens (including phenoxy) is 1. The van der Waals surface area contributed by atoms with E-state index in [1.54, 1.807) is 12.1 Å². The molecule has 1 N–H and O–H groups in total. The van der Waals surface area contributed by atoms with E-state index in [4.69, 9.17) is 0 Å². The van der Waals surface area contributed by atoms with E-state index < -0.39 is 33.8 Å². The van der Waals surface area contributed by atoms with Gasteiger partial charge in [-0.2, -0.15) is 13.2 Å². The highest BCUT2D eigenvalue weighted by molar-refractivity contribution is 7.92. The lowest BCUT2D eigenvalue weighted by Crippen LogP contribution is -2.30. The molecule has 0 fully saturated rings. The van der Waals surface area contributed by atoms with E-state index in [-0.39, 0.29) is 45.2 Å². The molecule has 3 aromatic rings. The van der Waals surface area contributed by atoms with E-state index in [0.717, 1.165) is 23.0 Å². The SMILES string of the molecule is COC(=O)C(C=O)c1ccc2c(c1)N(S(=O)(=O)c1ccc(C(C)(C)C)cc1)Cc1ccc(C(F)(F)F)nc1N2. The predicted molar refractivity (Wildman–Crippen MR) is 138 cm³/mol. The molecule has 206 valence electrons. The number of carbonyl (C=O) groups excluding carboxylic acids is 2. The molecule has 8 nitrogen and oxygen atoms in total. The number of aromatic nitrogens is 1. The van der Waals surface area contributed by atoms with Crippen LogP contribution in [-0.2, 0) is 42.5 Å². The van der Waals surface area contributed by atoms with E-state index in [1.807, 2.05) is 20.8 Å². The van der Waals surface area contributed by atoms with Crippen molar-refractivity contribution in [2.75, 3.05) is 16.7 Å². The number of hydrogen-bond acceptors (Lipinski definition) is 7. The van der Waals surface area contributed by atoms with Crippen LogP contribution in [0.4, 0.5) is 30.4 Å². The van der Waals surface area contributed by atoms with Gasteiger partial charge in [0.2, 0.25) is 0 Å². The molecule has 0 saturated carbocycles. The van der Waals surface area contributed by atoms with Crippen molar-refractivity contribution in [1.82, 2.24) is 4.98 Å². The number of rotatable bonds is 5. The highest BCUT2D eigenvalue weighted by atomic mass is 32.2. The van der Waals surface area contributed by atoms with Gasteiger partial charge in [-0.3, -0.25) is 9.10 Å². The molecule has 0 bridgehead atoms. The van der Waals surface area contributed by atoms with E-state index in [0.29, 0.717) is 6.29 Å². The summed E-state index contributed by atoms with van der Waals surface area (Å²) in [6.07, 6.45) is -4.35. The maximum Gasteiger partial charge on any atom is 0.433 e. The van der Waals surface area contributed by atoms with Crippen LogP contribution in [0.3, 0.4) is 0 Å². The molecule has 12 heteroatoms. The normalized spacial score (nSPS) is 14.4. The number of nitrogens with one attached hydrogen (secondary N) is 1. The second-order valence-corrected chi connectivity index (χ2v) is 11.9. The van der Waals surface area contributed by atoms with Gasteiger partial charge in [0.25, 0.3) is 10.0 Å². The molecule has 0 saturated heterocycles. The molecule has 1 aromatic heterocycles. The van der Waals surface area contributed by atoms with Crippen molar-refractivity contribution < 1.29 is 35.9 Å². The van der Waals surface area contributed by atoms with Crippen molar-refractivity contribution in [3.8, 4) is 0 Å². The average molecular weight is 562 g/mol. The van der Waals surface area contributed by atoms with Crippen molar-refractivity contribution in [3.63, 3.8) is 0 Å². The number of methoxy groups -OCH3 is 1. The number of aldehydes is 1. The number of esters is 1. The molecular weight excluding hydrogens is 535 g/mol. The summed E-state index contributed by atoms with van der Waals surface area (Å²) in [6, 6.07) is 12.4. The molecule has 39 heavy (non-hydrogen) atoms. The second-order valence-electron chi connectivity index (χ2n) is 10.0. The van der Waals surface area contributed by atoms with Crippen molar-refractivity contribution in [2.24, 2.45) is 0 Å². The van der Waals surface area contributed by atoms with Crippen LogP contribution in [-0.4, -0.2) is 32.8 Å². The zero-order valence-electron chi connectivity index (χ0n) is 21.5. The van der Waals surface area contributed by atoms with Gasteiger partial charge in [-0.1, -0.05) is 45.0 Å². The molecule has 0 amide bonds. The van der Waals surface area contributed by atoms with Crippen molar-refractivity contribution in [3.05, 3.63) is 77.0 Å². The van der Waals surface area contributed by atoms with Crippen molar-refractivity contribution in [1.29, 1.82) is 0 Å². The van der Waals surface area contributed by atoms with Gasteiger partial charge in [0.15, 0.2) is 0 Å². The molecule has 1 atom stereocenters. The zero-order valence-corrected chi connectivity index (χ0v) is 22.4. The highest BCUT2D eigenvalue weighted by Crippen LogP contribution is 2.41. The van der Waals surface area contributed by atoms with Crippen LogP contribution in [0.1, 0.15) is 49.1 Å². The van der Waals surface area contributed by atoms with Crippen LogP contribution in [0.25, 0.3) is 0 Å². The second kappa shape index (κ2) is 9.99. The standard InChI is InChI=1S/C27H26F3N3O5S/c1-26(2,3)18-7-9-19(10-8-18)39(36,37)33-14-17-6-12-23(27(28,29)30)32-24(17)31-21-11-5-16(13-22(21)33)20(15-34)25(35)38-4/h5-13,15,20H,14H2,1-4H3,(H,31,32). The van der Waals surface area contributed by atoms with Crippen LogP contribution in [0.2, 0.25) is 0 Å². The fourth-order valence-corrected chi connectivity index (χ4v) is 5.62. The molecule has 2 heterocycles. The predicted octanol–water partition coefficient (Wildman–Crippen LogP) is 5.31. The number of carbonyl (C=O) groups is 2. The number of sulfonamides is 1. The minimum absolute atomic E-state index is 0.0229. The van der Waals surface area contributed by atoms with Crippen molar-refractivity contribution >= 4 is 39.5 Å². The van der Waals surface area contributed by atoms with Gasteiger partial charge in [0.1, 0.15) is 23.7 Å². The summed E-state index contributed by atoms with van der Waals surface area (Å²) in [5, 5.41) is 2.80. The first kappa shape index (κ1) is 28.1. The Morgan fingerprint density at radius 1 is 1.08 bits per heavy atom. The summed E-state index contributed by atoms with van der Waals surface area (Å²) in [6.45, 7) is 5.59. The zero-order chi connectivity index (χ0) is 28.8. The summed E-state index contributed by atoms with van der Waals surface area (Å²) in [5.41, 5.74) is 0.0135. The van der Waals surface area contributed by atoms with E-state index >= 15 is 0 Å². The fraction of sp³-hybridized carbons (Fsp3) is 0.296. The van der Waals surface area contributed by atoms with Gasteiger partial charge in [0.05, 0.1) is 29.9 Å². The van der Waals surface area contributed by atoms with E-state index in [9.17, 15) is 31.2 Å². The van der Waals surface area contributed by atoms with Gasteiger partial charge in [-0.15, -0.1) is 0 Å². The smallest absolute Gasteiger partial charge is 0.433 e. The number of anilines is 3. The molecule has 4 rings (SSSR count). The molecule has 2 aromatic carbocycles. The Morgan fingerprint density at radius 3 is 2.31 bits per heavy atom. The summed E-state index contributed by atoms with van der Waals surface area (Å²) in [7, 11) is -3.16. The summed E-state index contributed by atoms with van der Waals surface area (Å²) in [4.78, 5) is 27.5. The third-order valence-corrected chi connectivity index (χ3v) is 8.16. The van der Waals surface area contributed by atoms with Gasteiger partial charge < -0.3 is 14.8 Å². The quantitative estimate of drug-likeness (QED) is 0.256. The Bertz CT molecular complexity index is 1530. The minimum atomic E-state index is -4.71. The number of hydrogen-bond donors (Lipinski definition) is 1. The Labute approximate surface area is 223 Å². The van der Waals surface area contributed by atoms with Crippen LogP contribution in [0, 0.1) is 0 Å². The Balaban J connectivity index is 1.90. The average Bonchev–Trinajstić information content (AvgIpc) is 3.04. The Kier molecular flexibility index (Phi) is 7.20. The maximum absolute atomic E-state index is 14.0. The number of fused-ring (bicyclic) bond motifs is 2. The van der Waals surface area contributed by atoms with E-state index in [1.165, 1.54) is 36.4 Å². The molecule has 1 aliphatic heterocycles. The van der Waals surface area contributed by atoms with Gasteiger partial charge >= 0.3 is 12.1 Å². The first-order chi connectivity index (χ1) is 18.2. The van der Waals surface area contributed by atoms with Gasteiger partial charge in [-0.25, -0.2) is 13.4 Å². The largest absolute Gasteiger partial charge is 0.468 e. The molecule has 0 radical (unpaired) electrons. The van der Waals surface area contributed by atoms with Crippen LogP contribution >= 0.6 is 0 Å².